The van der Waals surface area contributed by atoms with Gasteiger partial charge in [-0.15, -0.1) is 0 Å². The van der Waals surface area contributed by atoms with E-state index < -0.39 is 15.9 Å². The maximum Gasteiger partial charge on any atom is 0.291 e. The normalized spacial score (nSPS) is 11.6. The van der Waals surface area contributed by atoms with Gasteiger partial charge >= 0.3 is 0 Å². The smallest absolute Gasteiger partial charge is 0.291 e. The van der Waals surface area contributed by atoms with E-state index in [9.17, 15) is 13.2 Å². The van der Waals surface area contributed by atoms with E-state index >= 15 is 0 Å². The van der Waals surface area contributed by atoms with Gasteiger partial charge < -0.3 is 14.2 Å². The van der Waals surface area contributed by atoms with Crippen LogP contribution in [0.15, 0.2) is 86.7 Å². The molecule has 28 heavy (non-hydrogen) atoms. The molecule has 8 heteroatoms. The minimum atomic E-state index is -3.76. The second-order valence-electron chi connectivity index (χ2n) is 6.03. The van der Waals surface area contributed by atoms with E-state index in [-0.39, 0.29) is 17.2 Å². The van der Waals surface area contributed by atoms with E-state index in [1.54, 1.807) is 36.4 Å². The summed E-state index contributed by atoms with van der Waals surface area (Å²) in [7, 11) is -3.76. The van der Waals surface area contributed by atoms with Gasteiger partial charge in [0.05, 0.1) is 17.7 Å². The Labute approximate surface area is 161 Å². The second-order valence-corrected chi connectivity index (χ2v) is 7.80. The van der Waals surface area contributed by atoms with Crippen LogP contribution in [0.2, 0.25) is 0 Å². The Morgan fingerprint density at radius 1 is 0.964 bits per heavy atom. The SMILES string of the molecule is O=C(Nc1cccc(S(=O)(=O)NCc2ccco2)c1)c1cc2ccccc2o1. The minimum Gasteiger partial charge on any atom is -0.468 e. The monoisotopic (exact) mass is 396 g/mol. The van der Waals surface area contributed by atoms with Crippen molar-refractivity contribution in [2.24, 2.45) is 0 Å². The third kappa shape index (κ3) is 3.83. The summed E-state index contributed by atoms with van der Waals surface area (Å²) in [6, 6.07) is 18.2. The number of para-hydroxylation sites is 1. The zero-order valence-electron chi connectivity index (χ0n) is 14.6. The highest BCUT2D eigenvalue weighted by atomic mass is 32.2. The maximum absolute atomic E-state index is 12.5. The van der Waals surface area contributed by atoms with Gasteiger partial charge in [0.1, 0.15) is 11.3 Å². The van der Waals surface area contributed by atoms with Crippen molar-refractivity contribution in [1.82, 2.24) is 4.72 Å². The van der Waals surface area contributed by atoms with Crippen molar-refractivity contribution in [3.05, 3.63) is 84.5 Å². The predicted molar refractivity (Wildman–Crippen MR) is 103 cm³/mol. The minimum absolute atomic E-state index is 0.0291. The molecule has 0 saturated heterocycles. The van der Waals surface area contributed by atoms with Crippen molar-refractivity contribution >= 4 is 32.6 Å². The van der Waals surface area contributed by atoms with Gasteiger partial charge in [0.15, 0.2) is 5.76 Å². The van der Waals surface area contributed by atoms with E-state index in [2.05, 4.69) is 10.0 Å². The Bertz CT molecular complexity index is 1190. The Morgan fingerprint density at radius 2 is 1.82 bits per heavy atom. The summed E-state index contributed by atoms with van der Waals surface area (Å²) in [4.78, 5) is 12.5. The molecule has 0 aliphatic heterocycles. The highest BCUT2D eigenvalue weighted by Gasteiger charge is 2.17. The summed E-state index contributed by atoms with van der Waals surface area (Å²) in [5, 5.41) is 3.47. The fourth-order valence-electron chi connectivity index (χ4n) is 2.69. The van der Waals surface area contributed by atoms with Gasteiger partial charge in [0, 0.05) is 11.1 Å². The number of rotatable bonds is 6. The molecule has 0 bridgehead atoms. The number of carbonyl (C=O) groups is 1. The molecule has 2 heterocycles. The van der Waals surface area contributed by atoms with Gasteiger partial charge in [-0.3, -0.25) is 4.79 Å². The van der Waals surface area contributed by atoms with Crippen LogP contribution >= 0.6 is 0 Å². The molecule has 0 radical (unpaired) electrons. The van der Waals surface area contributed by atoms with Gasteiger partial charge in [0.25, 0.3) is 5.91 Å². The van der Waals surface area contributed by atoms with Gasteiger partial charge in [-0.1, -0.05) is 24.3 Å². The van der Waals surface area contributed by atoms with Crippen molar-refractivity contribution in [3.8, 4) is 0 Å². The summed E-state index contributed by atoms with van der Waals surface area (Å²) < 4.78 is 38.0. The first kappa shape index (κ1) is 18.0. The first-order valence-corrected chi connectivity index (χ1v) is 9.92. The van der Waals surface area contributed by atoms with Gasteiger partial charge in [-0.05, 0) is 42.5 Å². The lowest BCUT2D eigenvalue weighted by Gasteiger charge is -2.08. The Kier molecular flexibility index (Phi) is 4.72. The standard InChI is InChI=1S/C20H16N2O5S/c23-20(19-11-14-5-1-2-9-18(14)27-19)22-15-6-3-8-17(12-15)28(24,25)21-13-16-7-4-10-26-16/h1-12,21H,13H2,(H,22,23). The number of hydrogen-bond acceptors (Lipinski definition) is 5. The molecule has 4 aromatic rings. The number of sulfonamides is 1. The molecule has 0 unspecified atom stereocenters. The zero-order chi connectivity index (χ0) is 19.6. The lowest BCUT2D eigenvalue weighted by atomic mass is 10.2. The van der Waals surface area contributed by atoms with Gasteiger partial charge in [-0.25, -0.2) is 13.1 Å². The number of benzene rings is 2. The van der Waals surface area contributed by atoms with Crippen LogP contribution in [0, 0.1) is 0 Å². The fourth-order valence-corrected chi connectivity index (χ4v) is 3.73. The average Bonchev–Trinajstić information content (AvgIpc) is 3.36. The molecular weight excluding hydrogens is 380 g/mol. The van der Waals surface area contributed by atoms with E-state index in [1.165, 1.54) is 18.4 Å². The second kappa shape index (κ2) is 7.34. The molecule has 2 aromatic heterocycles. The summed E-state index contributed by atoms with van der Waals surface area (Å²) in [6.07, 6.45) is 1.47. The van der Waals surface area contributed by atoms with Crippen molar-refractivity contribution in [1.29, 1.82) is 0 Å². The Balaban J connectivity index is 1.50. The van der Waals surface area contributed by atoms with Crippen LogP contribution in [-0.2, 0) is 16.6 Å². The molecule has 0 atom stereocenters. The first-order chi connectivity index (χ1) is 13.5. The fraction of sp³-hybridized carbons (Fsp3) is 0.0500. The zero-order valence-corrected chi connectivity index (χ0v) is 15.4. The number of fused-ring (bicyclic) bond motifs is 1. The quantitative estimate of drug-likeness (QED) is 0.517. The van der Waals surface area contributed by atoms with Crippen LogP contribution in [0.25, 0.3) is 11.0 Å². The molecule has 4 rings (SSSR count). The molecule has 2 aromatic carbocycles. The third-order valence-electron chi connectivity index (χ3n) is 4.07. The molecule has 2 N–H and O–H groups in total. The summed E-state index contributed by atoms with van der Waals surface area (Å²) in [5.41, 5.74) is 0.942. The summed E-state index contributed by atoms with van der Waals surface area (Å²) >= 11 is 0. The van der Waals surface area contributed by atoms with E-state index in [1.807, 2.05) is 18.2 Å². The molecule has 0 saturated carbocycles. The van der Waals surface area contributed by atoms with E-state index in [0.29, 0.717) is 17.0 Å². The Morgan fingerprint density at radius 3 is 2.61 bits per heavy atom. The van der Waals surface area contributed by atoms with Crippen LogP contribution in [-0.4, -0.2) is 14.3 Å². The van der Waals surface area contributed by atoms with Crippen LogP contribution < -0.4 is 10.0 Å². The lowest BCUT2D eigenvalue weighted by molar-refractivity contribution is 0.0998. The number of furan rings is 2. The molecule has 142 valence electrons. The maximum atomic E-state index is 12.5. The van der Waals surface area contributed by atoms with Crippen molar-refractivity contribution < 1.29 is 22.0 Å². The number of nitrogens with one attached hydrogen (secondary N) is 2. The molecule has 0 spiro atoms. The highest BCUT2D eigenvalue weighted by molar-refractivity contribution is 7.89. The van der Waals surface area contributed by atoms with Crippen LogP contribution in [0.4, 0.5) is 5.69 Å². The highest BCUT2D eigenvalue weighted by Crippen LogP contribution is 2.21. The first-order valence-electron chi connectivity index (χ1n) is 8.43. The van der Waals surface area contributed by atoms with Crippen LogP contribution in [0.3, 0.4) is 0 Å². The number of amides is 1. The summed E-state index contributed by atoms with van der Waals surface area (Å²) in [6.45, 7) is 0.0326. The number of carbonyl (C=O) groups excluding carboxylic acids is 1. The lowest BCUT2D eigenvalue weighted by Crippen LogP contribution is -2.23. The van der Waals surface area contributed by atoms with Gasteiger partial charge in [0.2, 0.25) is 10.0 Å². The van der Waals surface area contributed by atoms with Crippen LogP contribution in [0.1, 0.15) is 16.3 Å². The summed E-state index contributed by atoms with van der Waals surface area (Å²) in [5.74, 6) is 0.178. The van der Waals surface area contributed by atoms with E-state index in [0.717, 1.165) is 5.39 Å². The molecule has 1 amide bonds. The van der Waals surface area contributed by atoms with Gasteiger partial charge in [-0.2, -0.15) is 0 Å². The third-order valence-corrected chi connectivity index (χ3v) is 5.47. The van der Waals surface area contributed by atoms with E-state index in [4.69, 9.17) is 8.83 Å². The molecular formula is C20H16N2O5S. The Hall–Kier alpha value is -3.36. The molecule has 7 nitrogen and oxygen atoms in total. The van der Waals surface area contributed by atoms with Crippen molar-refractivity contribution in [3.63, 3.8) is 0 Å². The predicted octanol–water partition coefficient (Wildman–Crippen LogP) is 3.76. The largest absolute Gasteiger partial charge is 0.468 e. The van der Waals surface area contributed by atoms with Crippen molar-refractivity contribution in [2.45, 2.75) is 11.4 Å². The molecule has 0 fully saturated rings. The number of anilines is 1. The molecule has 0 aliphatic carbocycles. The number of hydrogen-bond donors (Lipinski definition) is 2. The molecule has 0 aliphatic rings. The van der Waals surface area contributed by atoms with Crippen molar-refractivity contribution in [2.75, 3.05) is 5.32 Å². The average molecular weight is 396 g/mol. The topological polar surface area (TPSA) is 102 Å². The van der Waals surface area contributed by atoms with Crippen LogP contribution in [0.5, 0.6) is 0 Å².